The molecule has 1 aromatic rings. The van der Waals surface area contributed by atoms with Crippen molar-refractivity contribution in [2.45, 2.75) is 32.2 Å². The van der Waals surface area contributed by atoms with E-state index >= 15 is 0 Å². The number of rotatable bonds is 3. The fourth-order valence-corrected chi connectivity index (χ4v) is 2.43. The molecule has 0 unspecified atom stereocenters. The van der Waals surface area contributed by atoms with E-state index in [0.29, 0.717) is 13.0 Å². The summed E-state index contributed by atoms with van der Waals surface area (Å²) < 4.78 is 0. The summed E-state index contributed by atoms with van der Waals surface area (Å²) in [5.74, 6) is -0.454. The van der Waals surface area contributed by atoms with Crippen molar-refractivity contribution in [3.05, 3.63) is 24.0 Å². The Balaban J connectivity index is 2.01. The fraction of sp³-hybridized carbons (Fsp3) is 0.538. The molecule has 2 atom stereocenters. The van der Waals surface area contributed by atoms with Crippen molar-refractivity contribution in [1.29, 1.82) is 0 Å². The lowest BCUT2D eigenvalue weighted by Gasteiger charge is -2.36. The van der Waals surface area contributed by atoms with Crippen LogP contribution in [0.15, 0.2) is 18.3 Å². The molecule has 98 valence electrons. The fourth-order valence-electron chi connectivity index (χ4n) is 2.43. The number of likely N-dealkylation sites (tertiary alicyclic amines) is 1. The normalized spacial score (nSPS) is 23.9. The summed E-state index contributed by atoms with van der Waals surface area (Å²) in [5.41, 5.74) is 6.22. The molecule has 0 saturated carbocycles. The molecular weight excluding hydrogens is 230 g/mol. The molecule has 0 bridgehead atoms. The molecule has 1 saturated heterocycles. The summed E-state index contributed by atoms with van der Waals surface area (Å²) in [7, 11) is 0. The number of hydrogen-bond acceptors (Lipinski definition) is 2. The van der Waals surface area contributed by atoms with Crippen LogP contribution in [0, 0.1) is 5.92 Å². The summed E-state index contributed by atoms with van der Waals surface area (Å²) in [4.78, 5) is 28.2. The monoisotopic (exact) mass is 249 g/mol. The van der Waals surface area contributed by atoms with Crippen LogP contribution in [-0.2, 0) is 16.0 Å². The van der Waals surface area contributed by atoms with Crippen LogP contribution in [0.25, 0.3) is 0 Å². The molecule has 5 heteroatoms. The van der Waals surface area contributed by atoms with Gasteiger partial charge in [0.15, 0.2) is 0 Å². The lowest BCUT2D eigenvalue weighted by atomic mass is 9.92. The number of nitrogens with two attached hydrogens (primary N) is 1. The molecular formula is C13H19N3O2. The second-order valence-corrected chi connectivity index (χ2v) is 4.94. The van der Waals surface area contributed by atoms with E-state index < -0.39 is 0 Å². The van der Waals surface area contributed by atoms with Gasteiger partial charge in [-0.3, -0.25) is 9.59 Å². The lowest BCUT2D eigenvalue weighted by Crippen LogP contribution is -2.49. The van der Waals surface area contributed by atoms with Crippen molar-refractivity contribution >= 4 is 11.8 Å². The SMILES string of the molecule is C[C@@H]1CC[C@H](C(N)=O)CN1C(=O)Cc1ccc[nH]1. The number of nitrogens with zero attached hydrogens (tertiary/aromatic N) is 1. The predicted octanol–water partition coefficient (Wildman–Crippen LogP) is 0.670. The highest BCUT2D eigenvalue weighted by atomic mass is 16.2. The van der Waals surface area contributed by atoms with Gasteiger partial charge < -0.3 is 15.6 Å². The van der Waals surface area contributed by atoms with E-state index in [1.807, 2.05) is 19.1 Å². The first-order valence-corrected chi connectivity index (χ1v) is 6.29. The quantitative estimate of drug-likeness (QED) is 0.825. The number of H-pyrrole nitrogens is 1. The molecule has 1 aliphatic heterocycles. The van der Waals surface area contributed by atoms with Crippen LogP contribution in [0.2, 0.25) is 0 Å². The van der Waals surface area contributed by atoms with E-state index in [2.05, 4.69) is 4.98 Å². The van der Waals surface area contributed by atoms with E-state index in [0.717, 1.165) is 18.5 Å². The number of aromatic nitrogens is 1. The summed E-state index contributed by atoms with van der Waals surface area (Å²) >= 11 is 0. The van der Waals surface area contributed by atoms with E-state index in [1.165, 1.54) is 0 Å². The van der Waals surface area contributed by atoms with Crippen LogP contribution >= 0.6 is 0 Å². The number of hydrogen-bond donors (Lipinski definition) is 2. The van der Waals surface area contributed by atoms with Crippen LogP contribution in [-0.4, -0.2) is 34.3 Å². The van der Waals surface area contributed by atoms with Crippen LogP contribution in [0.1, 0.15) is 25.5 Å². The van der Waals surface area contributed by atoms with Crippen LogP contribution in [0.5, 0.6) is 0 Å². The third-order valence-corrected chi connectivity index (χ3v) is 3.61. The maximum absolute atomic E-state index is 12.2. The van der Waals surface area contributed by atoms with Gasteiger partial charge in [0.05, 0.1) is 12.3 Å². The number of nitrogens with one attached hydrogen (secondary N) is 1. The molecule has 5 nitrogen and oxygen atoms in total. The largest absolute Gasteiger partial charge is 0.369 e. The first-order valence-electron chi connectivity index (χ1n) is 6.29. The Kier molecular flexibility index (Phi) is 3.69. The Bertz CT molecular complexity index is 427. The van der Waals surface area contributed by atoms with Gasteiger partial charge in [0, 0.05) is 24.5 Å². The van der Waals surface area contributed by atoms with Crippen LogP contribution < -0.4 is 5.73 Å². The predicted molar refractivity (Wildman–Crippen MR) is 67.6 cm³/mol. The van der Waals surface area contributed by atoms with Crippen molar-refractivity contribution in [2.24, 2.45) is 11.7 Å². The number of piperidine rings is 1. The van der Waals surface area contributed by atoms with E-state index in [4.69, 9.17) is 5.73 Å². The van der Waals surface area contributed by atoms with Gasteiger partial charge in [0.1, 0.15) is 0 Å². The molecule has 18 heavy (non-hydrogen) atoms. The van der Waals surface area contributed by atoms with E-state index in [1.54, 1.807) is 11.1 Å². The van der Waals surface area contributed by atoms with Crippen molar-refractivity contribution in [3.8, 4) is 0 Å². The average molecular weight is 249 g/mol. The number of carbonyl (C=O) groups excluding carboxylic acids is 2. The highest BCUT2D eigenvalue weighted by Crippen LogP contribution is 2.22. The van der Waals surface area contributed by atoms with Gasteiger partial charge in [-0.1, -0.05) is 0 Å². The van der Waals surface area contributed by atoms with Crippen molar-refractivity contribution in [1.82, 2.24) is 9.88 Å². The van der Waals surface area contributed by atoms with Gasteiger partial charge in [-0.25, -0.2) is 0 Å². The van der Waals surface area contributed by atoms with Crippen molar-refractivity contribution < 1.29 is 9.59 Å². The van der Waals surface area contributed by atoms with Crippen LogP contribution in [0.4, 0.5) is 0 Å². The molecule has 2 amide bonds. The molecule has 1 aromatic heterocycles. The van der Waals surface area contributed by atoms with Gasteiger partial charge in [-0.15, -0.1) is 0 Å². The molecule has 2 rings (SSSR count). The zero-order chi connectivity index (χ0) is 13.1. The van der Waals surface area contributed by atoms with Gasteiger partial charge in [0.2, 0.25) is 11.8 Å². The standard InChI is InChI=1S/C13H19N3O2/c1-9-4-5-10(13(14)18)8-16(9)12(17)7-11-3-2-6-15-11/h2-3,6,9-10,15H,4-5,7-8H2,1H3,(H2,14,18)/t9-,10+/m1/s1. The van der Waals surface area contributed by atoms with Gasteiger partial charge in [-0.2, -0.15) is 0 Å². The molecule has 0 aliphatic carbocycles. The second kappa shape index (κ2) is 5.25. The molecule has 2 heterocycles. The Morgan fingerprint density at radius 3 is 2.89 bits per heavy atom. The average Bonchev–Trinajstić information content (AvgIpc) is 2.81. The van der Waals surface area contributed by atoms with Gasteiger partial charge >= 0.3 is 0 Å². The smallest absolute Gasteiger partial charge is 0.228 e. The molecule has 1 aliphatic rings. The first-order chi connectivity index (χ1) is 8.58. The first kappa shape index (κ1) is 12.7. The topological polar surface area (TPSA) is 79.2 Å². The van der Waals surface area contributed by atoms with Crippen molar-refractivity contribution in [3.63, 3.8) is 0 Å². The van der Waals surface area contributed by atoms with Gasteiger partial charge in [-0.05, 0) is 31.9 Å². The lowest BCUT2D eigenvalue weighted by molar-refractivity contribution is -0.137. The highest BCUT2D eigenvalue weighted by Gasteiger charge is 2.31. The van der Waals surface area contributed by atoms with E-state index in [-0.39, 0.29) is 23.8 Å². The Hall–Kier alpha value is -1.78. The second-order valence-electron chi connectivity index (χ2n) is 4.94. The Morgan fingerprint density at radius 2 is 2.28 bits per heavy atom. The minimum absolute atomic E-state index is 0.0518. The summed E-state index contributed by atoms with van der Waals surface area (Å²) in [6, 6.07) is 3.94. The summed E-state index contributed by atoms with van der Waals surface area (Å²) in [6.45, 7) is 2.47. The number of carbonyl (C=O) groups is 2. The molecule has 0 radical (unpaired) electrons. The summed E-state index contributed by atoms with van der Waals surface area (Å²) in [5, 5.41) is 0. The molecule has 0 aromatic carbocycles. The minimum atomic E-state index is -0.306. The minimum Gasteiger partial charge on any atom is -0.369 e. The molecule has 1 fully saturated rings. The highest BCUT2D eigenvalue weighted by molar-refractivity contribution is 5.81. The summed E-state index contributed by atoms with van der Waals surface area (Å²) in [6.07, 6.45) is 3.77. The number of primary amides is 1. The Morgan fingerprint density at radius 1 is 1.50 bits per heavy atom. The zero-order valence-electron chi connectivity index (χ0n) is 10.6. The third-order valence-electron chi connectivity index (χ3n) is 3.61. The molecule has 3 N–H and O–H groups in total. The molecule has 0 spiro atoms. The third kappa shape index (κ3) is 2.72. The van der Waals surface area contributed by atoms with E-state index in [9.17, 15) is 9.59 Å². The number of amides is 2. The maximum Gasteiger partial charge on any atom is 0.228 e. The maximum atomic E-state index is 12.2. The van der Waals surface area contributed by atoms with Crippen molar-refractivity contribution in [2.75, 3.05) is 6.54 Å². The Labute approximate surface area is 106 Å². The van der Waals surface area contributed by atoms with Crippen LogP contribution in [0.3, 0.4) is 0 Å². The van der Waals surface area contributed by atoms with Gasteiger partial charge in [0.25, 0.3) is 0 Å². The zero-order valence-corrected chi connectivity index (χ0v) is 10.6. The number of aromatic amines is 1.